The topological polar surface area (TPSA) is 38.5 Å². The highest BCUT2D eigenvalue weighted by atomic mass is 16.5. The van der Waals surface area contributed by atoms with Crippen LogP contribution in [0.3, 0.4) is 0 Å². The van der Waals surface area contributed by atoms with E-state index in [0.717, 1.165) is 26.1 Å². The van der Waals surface area contributed by atoms with Gasteiger partial charge < -0.3 is 10.5 Å². The van der Waals surface area contributed by atoms with Crippen molar-refractivity contribution in [1.29, 1.82) is 0 Å². The van der Waals surface area contributed by atoms with Crippen LogP contribution in [0.1, 0.15) is 41.0 Å². The average Bonchev–Trinajstić information content (AvgIpc) is 2.15. The van der Waals surface area contributed by atoms with Crippen molar-refractivity contribution in [3.8, 4) is 0 Å². The molecular weight excluding hydrogens is 200 g/mol. The lowest BCUT2D eigenvalue weighted by Gasteiger charge is -2.31. The van der Waals surface area contributed by atoms with Crippen LogP contribution in [0, 0.1) is 5.41 Å². The van der Waals surface area contributed by atoms with Crippen LogP contribution in [0.25, 0.3) is 0 Å². The van der Waals surface area contributed by atoms with Crippen LogP contribution in [0.2, 0.25) is 0 Å². The van der Waals surface area contributed by atoms with Gasteiger partial charge in [-0.3, -0.25) is 4.90 Å². The third-order valence-corrected chi connectivity index (χ3v) is 3.15. The van der Waals surface area contributed by atoms with Crippen LogP contribution in [-0.2, 0) is 4.74 Å². The summed E-state index contributed by atoms with van der Waals surface area (Å²) in [6, 6.07) is 0.818. The Morgan fingerprint density at radius 2 is 1.75 bits per heavy atom. The van der Waals surface area contributed by atoms with Crippen molar-refractivity contribution in [2.24, 2.45) is 11.1 Å². The van der Waals surface area contributed by atoms with Gasteiger partial charge in [0.25, 0.3) is 0 Å². The molecule has 0 aliphatic heterocycles. The number of methoxy groups -OCH3 is 1. The first-order valence-electron chi connectivity index (χ1n) is 6.27. The quantitative estimate of drug-likeness (QED) is 0.728. The Balaban J connectivity index is 4.02. The molecular formula is C13H30N2O. The highest BCUT2D eigenvalue weighted by Gasteiger charge is 2.21. The van der Waals surface area contributed by atoms with Crippen LogP contribution in [0.15, 0.2) is 0 Å². The van der Waals surface area contributed by atoms with E-state index in [4.69, 9.17) is 10.5 Å². The number of nitrogens with two attached hydrogens (primary N) is 1. The molecule has 1 unspecified atom stereocenters. The molecule has 0 aromatic heterocycles. The molecule has 0 bridgehead atoms. The molecule has 1 atom stereocenters. The Bertz CT molecular complexity index is 175. The average molecular weight is 230 g/mol. The molecule has 0 fully saturated rings. The van der Waals surface area contributed by atoms with Gasteiger partial charge in [-0.2, -0.15) is 0 Å². The molecule has 16 heavy (non-hydrogen) atoms. The maximum atomic E-state index is 6.17. The van der Waals surface area contributed by atoms with E-state index in [-0.39, 0.29) is 11.5 Å². The normalized spacial score (nSPS) is 14.8. The molecule has 98 valence electrons. The first-order chi connectivity index (χ1) is 7.29. The van der Waals surface area contributed by atoms with Gasteiger partial charge in [-0.1, -0.05) is 20.8 Å². The molecule has 0 heterocycles. The van der Waals surface area contributed by atoms with Gasteiger partial charge in [-0.25, -0.2) is 0 Å². The summed E-state index contributed by atoms with van der Waals surface area (Å²) in [5, 5.41) is 0. The van der Waals surface area contributed by atoms with Gasteiger partial charge in [0.1, 0.15) is 0 Å². The van der Waals surface area contributed by atoms with Crippen molar-refractivity contribution >= 4 is 0 Å². The predicted octanol–water partition coefficient (Wildman–Crippen LogP) is 2.11. The van der Waals surface area contributed by atoms with E-state index in [1.165, 1.54) is 0 Å². The lowest BCUT2D eigenvalue weighted by atomic mass is 9.85. The molecule has 0 aliphatic carbocycles. The zero-order chi connectivity index (χ0) is 12.8. The molecule has 0 aromatic rings. The summed E-state index contributed by atoms with van der Waals surface area (Å²) in [5.41, 5.74) is 6.37. The smallest absolute Gasteiger partial charge is 0.0589 e. The van der Waals surface area contributed by atoms with Crippen molar-refractivity contribution in [2.45, 2.75) is 53.1 Å². The summed E-state index contributed by atoms with van der Waals surface area (Å²) in [7, 11) is 1.75. The van der Waals surface area contributed by atoms with Crippen molar-refractivity contribution in [3.63, 3.8) is 0 Å². The standard InChI is InChI=1S/C13H30N2O/c1-11(2)15(9-10-16-6)8-7-12(14)13(3,4)5/h11-12H,7-10,14H2,1-6H3. The Morgan fingerprint density at radius 1 is 1.19 bits per heavy atom. The van der Waals surface area contributed by atoms with Crippen LogP contribution in [0.4, 0.5) is 0 Å². The number of hydrogen-bond donors (Lipinski definition) is 1. The Labute approximate surface area is 101 Å². The Hall–Kier alpha value is -0.120. The lowest BCUT2D eigenvalue weighted by molar-refractivity contribution is 0.122. The van der Waals surface area contributed by atoms with Gasteiger partial charge in [-0.05, 0) is 32.2 Å². The van der Waals surface area contributed by atoms with Crippen LogP contribution in [-0.4, -0.2) is 43.8 Å². The molecule has 0 rings (SSSR count). The van der Waals surface area contributed by atoms with Crippen molar-refractivity contribution in [2.75, 3.05) is 26.8 Å². The van der Waals surface area contributed by atoms with E-state index in [1.54, 1.807) is 7.11 Å². The third-order valence-electron chi connectivity index (χ3n) is 3.15. The summed E-state index contributed by atoms with van der Waals surface area (Å²) in [6.07, 6.45) is 1.05. The van der Waals surface area contributed by atoms with Crippen molar-refractivity contribution in [1.82, 2.24) is 4.90 Å². The minimum absolute atomic E-state index is 0.198. The van der Waals surface area contributed by atoms with E-state index in [0.29, 0.717) is 6.04 Å². The van der Waals surface area contributed by atoms with Crippen LogP contribution >= 0.6 is 0 Å². The van der Waals surface area contributed by atoms with Crippen molar-refractivity contribution < 1.29 is 4.74 Å². The number of nitrogens with zero attached hydrogens (tertiary/aromatic N) is 1. The van der Waals surface area contributed by atoms with Crippen LogP contribution in [0.5, 0.6) is 0 Å². The van der Waals surface area contributed by atoms with Gasteiger partial charge in [-0.15, -0.1) is 0 Å². The maximum absolute atomic E-state index is 6.17. The summed E-state index contributed by atoms with van der Waals surface area (Å²) in [5.74, 6) is 0. The van der Waals surface area contributed by atoms with E-state index < -0.39 is 0 Å². The largest absolute Gasteiger partial charge is 0.383 e. The Kier molecular flexibility index (Phi) is 7.20. The summed E-state index contributed by atoms with van der Waals surface area (Å²) < 4.78 is 5.12. The number of hydrogen-bond acceptors (Lipinski definition) is 3. The molecule has 0 aromatic carbocycles. The second-order valence-electron chi connectivity index (χ2n) is 5.88. The Morgan fingerprint density at radius 3 is 2.12 bits per heavy atom. The first-order valence-corrected chi connectivity index (χ1v) is 6.27. The van der Waals surface area contributed by atoms with Gasteiger partial charge in [0.05, 0.1) is 6.61 Å². The van der Waals surface area contributed by atoms with Gasteiger partial charge in [0.15, 0.2) is 0 Å². The lowest BCUT2D eigenvalue weighted by Crippen LogP contribution is -2.41. The highest BCUT2D eigenvalue weighted by molar-refractivity contribution is 4.78. The van der Waals surface area contributed by atoms with Crippen molar-refractivity contribution in [3.05, 3.63) is 0 Å². The summed E-state index contributed by atoms with van der Waals surface area (Å²) >= 11 is 0. The molecule has 0 aliphatic rings. The fraction of sp³-hybridized carbons (Fsp3) is 1.00. The second-order valence-corrected chi connectivity index (χ2v) is 5.88. The van der Waals surface area contributed by atoms with Gasteiger partial charge in [0.2, 0.25) is 0 Å². The van der Waals surface area contributed by atoms with E-state index in [1.807, 2.05) is 0 Å². The molecule has 0 saturated carbocycles. The van der Waals surface area contributed by atoms with Gasteiger partial charge in [0, 0.05) is 25.7 Å². The first kappa shape index (κ1) is 15.9. The molecule has 0 radical (unpaired) electrons. The van der Waals surface area contributed by atoms with Crippen LogP contribution < -0.4 is 5.73 Å². The molecule has 0 saturated heterocycles. The monoisotopic (exact) mass is 230 g/mol. The summed E-state index contributed by atoms with van der Waals surface area (Å²) in [6.45, 7) is 13.9. The SMILES string of the molecule is COCCN(CCC(N)C(C)(C)C)C(C)C. The number of ether oxygens (including phenoxy) is 1. The van der Waals surface area contributed by atoms with Gasteiger partial charge >= 0.3 is 0 Å². The van der Waals surface area contributed by atoms with E-state index in [9.17, 15) is 0 Å². The highest BCUT2D eigenvalue weighted by Crippen LogP contribution is 2.20. The number of rotatable bonds is 7. The fourth-order valence-electron chi connectivity index (χ4n) is 1.57. The second kappa shape index (κ2) is 7.25. The van der Waals surface area contributed by atoms with E-state index in [2.05, 4.69) is 39.5 Å². The zero-order valence-corrected chi connectivity index (χ0v) is 11.9. The zero-order valence-electron chi connectivity index (χ0n) is 11.9. The fourth-order valence-corrected chi connectivity index (χ4v) is 1.57. The minimum atomic E-state index is 0.198. The molecule has 2 N–H and O–H groups in total. The molecule has 0 amide bonds. The molecule has 3 heteroatoms. The third kappa shape index (κ3) is 6.46. The molecule has 0 spiro atoms. The molecule has 3 nitrogen and oxygen atoms in total. The van der Waals surface area contributed by atoms with E-state index >= 15 is 0 Å². The minimum Gasteiger partial charge on any atom is -0.383 e. The maximum Gasteiger partial charge on any atom is 0.0589 e. The predicted molar refractivity (Wildman–Crippen MR) is 70.6 cm³/mol. The summed E-state index contributed by atoms with van der Waals surface area (Å²) in [4.78, 5) is 2.43.